The summed E-state index contributed by atoms with van der Waals surface area (Å²) in [5, 5.41) is 12.7. The Kier molecular flexibility index (Phi) is 5.93. The average molecular weight is 733 g/mol. The van der Waals surface area contributed by atoms with Crippen molar-refractivity contribution in [2.24, 2.45) is 0 Å². The van der Waals surface area contributed by atoms with E-state index in [1.807, 2.05) is 11.3 Å². The number of furan rings is 1. The first kappa shape index (κ1) is 30.7. The Morgan fingerprint density at radius 1 is 0.625 bits per heavy atom. The van der Waals surface area contributed by atoms with E-state index in [1.165, 1.54) is 86.3 Å². The van der Waals surface area contributed by atoms with E-state index >= 15 is 0 Å². The first-order valence-corrected chi connectivity index (χ1v) is 20.3. The minimum Gasteiger partial charge on any atom is -0.454 e. The molecule has 0 unspecified atom stereocenters. The highest BCUT2D eigenvalue weighted by Gasteiger charge is 2.36. The molecule has 4 heterocycles. The summed E-state index contributed by atoms with van der Waals surface area (Å²) in [6.45, 7) is 4.70. The number of thiophene rings is 1. The van der Waals surface area contributed by atoms with Crippen molar-refractivity contribution < 1.29 is 4.42 Å². The number of nitrogens with one attached hydrogen (secondary N) is 1. The fourth-order valence-corrected chi connectivity index (χ4v) is 11.5. The maximum atomic E-state index is 6.95. The first-order valence-electron chi connectivity index (χ1n) is 19.5. The van der Waals surface area contributed by atoms with E-state index in [-0.39, 0.29) is 5.41 Å². The minimum absolute atomic E-state index is 0.0876. The highest BCUT2D eigenvalue weighted by atomic mass is 32.1. The van der Waals surface area contributed by atoms with E-state index in [1.54, 1.807) is 0 Å². The standard InChI is InChI=1S/C51H33BN2OS/c1-51(2)38-18-8-5-14-31(38)32-24-23-29(26-39(32)51)53-41-25-22-28-12-3-4-13-30(28)44(41)37-27-36-33-15-6-9-20-42(33)55-49(36)48-46(37)52-40-19-11-17-35-45-34-16-7-10-21-43(34)56-50(45)54(48)47(35)40/h3-27,52-53H,1-2H3. The molecule has 0 atom stereocenters. The first-order chi connectivity index (χ1) is 27.5. The van der Waals surface area contributed by atoms with Gasteiger partial charge in [-0.1, -0.05) is 135 Å². The van der Waals surface area contributed by atoms with E-state index < -0.39 is 0 Å². The molecule has 5 heteroatoms. The van der Waals surface area contributed by atoms with Crippen molar-refractivity contribution in [3.05, 3.63) is 163 Å². The Bertz CT molecular complexity index is 3530. The van der Waals surface area contributed by atoms with Gasteiger partial charge in [0.15, 0.2) is 12.9 Å². The van der Waals surface area contributed by atoms with Crippen molar-refractivity contribution in [3.63, 3.8) is 0 Å². The lowest BCUT2D eigenvalue weighted by Crippen LogP contribution is -2.37. The molecule has 1 aliphatic heterocycles. The molecule has 0 saturated heterocycles. The van der Waals surface area contributed by atoms with Gasteiger partial charge in [0, 0.05) is 59.5 Å². The molecule has 0 spiro atoms. The SMILES string of the molecule is CC1(C)c2ccccc2-c2ccc(Nc3ccc4ccccc4c3-c3cc4c(oc5ccccc54)c4c3Bc3cccc5c6c7ccccc7sc6n-4c35)cc21. The highest BCUT2D eigenvalue weighted by molar-refractivity contribution is 7.25. The van der Waals surface area contributed by atoms with Gasteiger partial charge < -0.3 is 9.73 Å². The van der Waals surface area contributed by atoms with Crippen LogP contribution >= 0.6 is 11.3 Å². The van der Waals surface area contributed by atoms with Crippen LogP contribution < -0.4 is 16.2 Å². The minimum atomic E-state index is -0.0876. The molecule has 11 aromatic rings. The summed E-state index contributed by atoms with van der Waals surface area (Å²) in [6, 6.07) is 55.9. The summed E-state index contributed by atoms with van der Waals surface area (Å²) in [5.41, 5.74) is 16.9. The second kappa shape index (κ2) is 10.8. The fourth-order valence-electron chi connectivity index (χ4n) is 10.3. The number of anilines is 2. The van der Waals surface area contributed by atoms with E-state index in [4.69, 9.17) is 4.42 Å². The van der Waals surface area contributed by atoms with Crippen molar-refractivity contribution in [1.82, 2.24) is 4.57 Å². The summed E-state index contributed by atoms with van der Waals surface area (Å²) in [5.74, 6) is 0. The normalized spacial score (nSPS) is 13.8. The van der Waals surface area contributed by atoms with Crippen LogP contribution in [0.5, 0.6) is 0 Å². The summed E-state index contributed by atoms with van der Waals surface area (Å²) in [6.07, 6.45) is 0. The zero-order valence-electron chi connectivity index (χ0n) is 30.9. The van der Waals surface area contributed by atoms with Gasteiger partial charge in [0.2, 0.25) is 0 Å². The number of para-hydroxylation sites is 2. The van der Waals surface area contributed by atoms with Crippen molar-refractivity contribution in [2.75, 3.05) is 5.32 Å². The van der Waals surface area contributed by atoms with Gasteiger partial charge in [0.25, 0.3) is 0 Å². The number of benzene rings is 8. The molecule has 13 rings (SSSR count). The second-order valence-electron chi connectivity index (χ2n) is 16.1. The summed E-state index contributed by atoms with van der Waals surface area (Å²) in [7, 11) is 0.804. The van der Waals surface area contributed by atoms with Crippen molar-refractivity contribution >= 4 is 105 Å². The maximum absolute atomic E-state index is 6.95. The molecular formula is C51H33BN2OS. The summed E-state index contributed by atoms with van der Waals surface area (Å²) in [4.78, 5) is 1.27. The molecule has 0 fully saturated rings. The number of hydrogen-bond donors (Lipinski definition) is 1. The van der Waals surface area contributed by atoms with Gasteiger partial charge >= 0.3 is 0 Å². The van der Waals surface area contributed by atoms with E-state index in [0.717, 1.165) is 46.3 Å². The van der Waals surface area contributed by atoms with Crippen LogP contribution in [-0.4, -0.2) is 11.8 Å². The van der Waals surface area contributed by atoms with Gasteiger partial charge in [0.1, 0.15) is 10.4 Å². The van der Waals surface area contributed by atoms with Gasteiger partial charge in [0.05, 0.1) is 5.69 Å². The van der Waals surface area contributed by atoms with Crippen molar-refractivity contribution in [2.45, 2.75) is 19.3 Å². The van der Waals surface area contributed by atoms with Crippen LogP contribution in [-0.2, 0) is 5.41 Å². The highest BCUT2D eigenvalue weighted by Crippen LogP contribution is 2.51. The largest absolute Gasteiger partial charge is 0.454 e. The van der Waals surface area contributed by atoms with Crippen LogP contribution in [0.2, 0.25) is 0 Å². The van der Waals surface area contributed by atoms with Crippen LogP contribution in [0.25, 0.3) is 91.9 Å². The van der Waals surface area contributed by atoms with Crippen LogP contribution in [0.4, 0.5) is 11.4 Å². The molecule has 0 amide bonds. The predicted molar refractivity (Wildman–Crippen MR) is 240 cm³/mol. The third-order valence-corrected chi connectivity index (χ3v) is 13.9. The molecule has 0 radical (unpaired) electrons. The number of nitrogens with zero attached hydrogens (tertiary/aromatic N) is 1. The molecule has 1 N–H and O–H groups in total. The maximum Gasteiger partial charge on any atom is 0.198 e. The Hall–Kier alpha value is -6.56. The quantitative estimate of drug-likeness (QED) is 0.183. The summed E-state index contributed by atoms with van der Waals surface area (Å²) < 4.78 is 10.8. The third kappa shape index (κ3) is 3.93. The topological polar surface area (TPSA) is 30.1 Å². The molecule has 56 heavy (non-hydrogen) atoms. The third-order valence-electron chi connectivity index (χ3n) is 12.8. The van der Waals surface area contributed by atoms with Crippen molar-refractivity contribution in [3.8, 4) is 27.9 Å². The Balaban J connectivity index is 1.12. The Labute approximate surface area is 327 Å². The van der Waals surface area contributed by atoms with E-state index in [2.05, 4.69) is 175 Å². The average Bonchev–Trinajstić information content (AvgIpc) is 3.95. The van der Waals surface area contributed by atoms with Gasteiger partial charge in [-0.3, -0.25) is 4.57 Å². The molecular weight excluding hydrogens is 699 g/mol. The molecule has 262 valence electrons. The summed E-state index contributed by atoms with van der Waals surface area (Å²) >= 11 is 1.88. The zero-order chi connectivity index (χ0) is 36.9. The number of fused-ring (bicyclic) bond motifs is 15. The lowest BCUT2D eigenvalue weighted by atomic mass is 9.58. The fraction of sp³-hybridized carbons (Fsp3) is 0.0588. The molecule has 2 aliphatic rings. The predicted octanol–water partition coefficient (Wildman–Crippen LogP) is 12.5. The zero-order valence-corrected chi connectivity index (χ0v) is 31.7. The number of aromatic nitrogens is 1. The Morgan fingerprint density at radius 3 is 2.32 bits per heavy atom. The molecule has 1 aliphatic carbocycles. The van der Waals surface area contributed by atoms with E-state index in [9.17, 15) is 0 Å². The molecule has 3 aromatic heterocycles. The lowest BCUT2D eigenvalue weighted by Gasteiger charge is -2.25. The molecule has 3 nitrogen and oxygen atoms in total. The van der Waals surface area contributed by atoms with Gasteiger partial charge in [-0.2, -0.15) is 0 Å². The van der Waals surface area contributed by atoms with Crippen LogP contribution in [0.3, 0.4) is 0 Å². The van der Waals surface area contributed by atoms with Gasteiger partial charge in [-0.15, -0.1) is 11.3 Å². The van der Waals surface area contributed by atoms with Crippen molar-refractivity contribution in [1.29, 1.82) is 0 Å². The smallest absolute Gasteiger partial charge is 0.198 e. The van der Waals surface area contributed by atoms with Crippen LogP contribution in [0.15, 0.2) is 156 Å². The van der Waals surface area contributed by atoms with E-state index in [0.29, 0.717) is 0 Å². The van der Waals surface area contributed by atoms with Crippen LogP contribution in [0, 0.1) is 0 Å². The number of hydrogen-bond acceptors (Lipinski definition) is 3. The van der Waals surface area contributed by atoms with Gasteiger partial charge in [-0.25, -0.2) is 0 Å². The van der Waals surface area contributed by atoms with Gasteiger partial charge in [-0.05, 0) is 80.5 Å². The monoisotopic (exact) mass is 732 g/mol. The number of rotatable bonds is 3. The second-order valence-corrected chi connectivity index (χ2v) is 17.1. The lowest BCUT2D eigenvalue weighted by molar-refractivity contribution is 0.660. The Morgan fingerprint density at radius 2 is 1.39 bits per heavy atom. The molecule has 0 bridgehead atoms. The molecule has 8 aromatic carbocycles. The van der Waals surface area contributed by atoms with Crippen LogP contribution in [0.1, 0.15) is 25.0 Å². The molecule has 0 saturated carbocycles.